The van der Waals surface area contributed by atoms with Crippen LogP contribution in [0.25, 0.3) is 0 Å². The molecular weight excluding hydrogens is 276 g/mol. The van der Waals surface area contributed by atoms with E-state index in [1.165, 1.54) is 0 Å². The summed E-state index contributed by atoms with van der Waals surface area (Å²) in [6, 6.07) is 9.91. The number of carbonyl (C=O) groups excluding carboxylic acids is 1. The van der Waals surface area contributed by atoms with E-state index in [0.717, 1.165) is 17.0 Å². The molecule has 5 heteroatoms. The molecule has 0 bridgehead atoms. The molecule has 0 aliphatic heterocycles. The lowest BCUT2D eigenvalue weighted by molar-refractivity contribution is -0.120. The first-order chi connectivity index (χ1) is 9.25. The highest BCUT2D eigenvalue weighted by molar-refractivity contribution is 7.81. The van der Waals surface area contributed by atoms with Crippen LogP contribution in [0, 0.1) is 0 Å². The van der Waals surface area contributed by atoms with Crippen LogP contribution in [-0.4, -0.2) is 22.7 Å². The van der Waals surface area contributed by atoms with Crippen LogP contribution in [0.1, 0.15) is 10.6 Å². The summed E-state index contributed by atoms with van der Waals surface area (Å²) in [6.45, 7) is 0.609. The van der Waals surface area contributed by atoms with E-state index in [1.54, 1.807) is 17.5 Å². The van der Waals surface area contributed by atoms with E-state index in [2.05, 4.69) is 22.9 Å². The molecule has 2 rings (SSSR count). The lowest BCUT2D eigenvalue weighted by atomic mass is 10.1. The van der Waals surface area contributed by atoms with Gasteiger partial charge in [-0.05, 0) is 12.0 Å². The van der Waals surface area contributed by atoms with Gasteiger partial charge >= 0.3 is 0 Å². The molecule has 100 valence electrons. The van der Waals surface area contributed by atoms with Crippen molar-refractivity contribution in [1.82, 2.24) is 10.3 Å². The van der Waals surface area contributed by atoms with Gasteiger partial charge in [-0.2, -0.15) is 12.6 Å². The van der Waals surface area contributed by atoms with Gasteiger partial charge in [0.1, 0.15) is 0 Å². The molecule has 0 saturated heterocycles. The molecule has 1 aromatic carbocycles. The summed E-state index contributed by atoms with van der Waals surface area (Å²) < 4.78 is 0. The van der Waals surface area contributed by atoms with Crippen LogP contribution in [0.4, 0.5) is 0 Å². The van der Waals surface area contributed by atoms with Gasteiger partial charge < -0.3 is 5.32 Å². The minimum Gasteiger partial charge on any atom is -0.355 e. The van der Waals surface area contributed by atoms with Crippen LogP contribution in [0.5, 0.6) is 0 Å². The topological polar surface area (TPSA) is 42.0 Å². The monoisotopic (exact) mass is 292 g/mol. The fourth-order valence-electron chi connectivity index (χ4n) is 1.72. The summed E-state index contributed by atoms with van der Waals surface area (Å²) in [6.07, 6.45) is 3.20. The van der Waals surface area contributed by atoms with Crippen molar-refractivity contribution < 1.29 is 4.79 Å². The van der Waals surface area contributed by atoms with Crippen molar-refractivity contribution in [2.75, 3.05) is 6.54 Å². The zero-order chi connectivity index (χ0) is 13.5. The summed E-state index contributed by atoms with van der Waals surface area (Å²) in [7, 11) is 0. The molecule has 19 heavy (non-hydrogen) atoms. The number of nitrogens with zero attached hydrogens (tertiary/aromatic N) is 1. The van der Waals surface area contributed by atoms with Crippen molar-refractivity contribution in [2.24, 2.45) is 0 Å². The van der Waals surface area contributed by atoms with Gasteiger partial charge in [0.25, 0.3) is 0 Å². The highest BCUT2D eigenvalue weighted by Crippen LogP contribution is 2.08. The van der Waals surface area contributed by atoms with E-state index in [-0.39, 0.29) is 11.2 Å². The van der Waals surface area contributed by atoms with Gasteiger partial charge in [0, 0.05) is 24.5 Å². The largest absolute Gasteiger partial charge is 0.355 e. The van der Waals surface area contributed by atoms with Crippen LogP contribution in [0.2, 0.25) is 0 Å². The summed E-state index contributed by atoms with van der Waals surface area (Å²) in [5.41, 5.74) is 1.12. The van der Waals surface area contributed by atoms with E-state index >= 15 is 0 Å². The van der Waals surface area contributed by atoms with Crippen molar-refractivity contribution in [3.8, 4) is 0 Å². The smallest absolute Gasteiger partial charge is 0.233 e. The molecule has 0 fully saturated rings. The Hall–Kier alpha value is -1.33. The van der Waals surface area contributed by atoms with E-state index in [4.69, 9.17) is 0 Å². The molecule has 0 aliphatic carbocycles. The number of carbonyl (C=O) groups is 1. The molecule has 0 aliphatic rings. The molecule has 0 spiro atoms. The first-order valence-corrected chi connectivity index (χ1v) is 7.53. The van der Waals surface area contributed by atoms with Crippen molar-refractivity contribution in [2.45, 2.75) is 18.1 Å². The lowest BCUT2D eigenvalue weighted by Gasteiger charge is -2.11. The average molecular weight is 292 g/mol. The number of hydrogen-bond donors (Lipinski definition) is 2. The molecule has 1 N–H and O–H groups in total. The number of hydrogen-bond acceptors (Lipinski definition) is 4. The van der Waals surface area contributed by atoms with Gasteiger partial charge in [0.15, 0.2) is 0 Å². The molecule has 1 heterocycles. The van der Waals surface area contributed by atoms with Crippen LogP contribution < -0.4 is 5.32 Å². The fraction of sp³-hybridized carbons (Fsp3) is 0.286. The van der Waals surface area contributed by atoms with Crippen molar-refractivity contribution >= 4 is 29.9 Å². The summed E-state index contributed by atoms with van der Waals surface area (Å²) in [5, 5.41) is 5.56. The number of thiazole rings is 1. The maximum Gasteiger partial charge on any atom is 0.233 e. The van der Waals surface area contributed by atoms with Crippen molar-refractivity contribution in [1.29, 1.82) is 0 Å². The maximum absolute atomic E-state index is 11.9. The van der Waals surface area contributed by atoms with Crippen molar-refractivity contribution in [3.63, 3.8) is 0 Å². The molecule has 3 nitrogen and oxygen atoms in total. The Morgan fingerprint density at radius 2 is 2.16 bits per heavy atom. The van der Waals surface area contributed by atoms with Crippen molar-refractivity contribution in [3.05, 3.63) is 52.5 Å². The van der Waals surface area contributed by atoms with E-state index in [0.29, 0.717) is 13.0 Å². The Labute approximate surface area is 122 Å². The Bertz CT molecular complexity index is 499. The Kier molecular flexibility index (Phi) is 5.42. The van der Waals surface area contributed by atoms with E-state index in [9.17, 15) is 4.79 Å². The predicted molar refractivity (Wildman–Crippen MR) is 81.7 cm³/mol. The maximum atomic E-state index is 11.9. The minimum absolute atomic E-state index is 0.0243. The standard InChI is InChI=1S/C14H16N2OS2/c17-14(16-7-6-13-15-8-9-19-13)12(18)10-11-4-2-1-3-5-11/h1-5,8-9,12,18H,6-7,10H2,(H,16,17). The van der Waals surface area contributed by atoms with E-state index in [1.807, 2.05) is 35.7 Å². The summed E-state index contributed by atoms with van der Waals surface area (Å²) >= 11 is 5.96. The van der Waals surface area contributed by atoms with Gasteiger partial charge in [-0.1, -0.05) is 30.3 Å². The molecule has 1 atom stereocenters. The van der Waals surface area contributed by atoms with Crippen LogP contribution >= 0.6 is 24.0 Å². The zero-order valence-corrected chi connectivity index (χ0v) is 12.2. The highest BCUT2D eigenvalue weighted by atomic mass is 32.1. The molecule has 1 aromatic heterocycles. The van der Waals surface area contributed by atoms with E-state index < -0.39 is 0 Å². The molecule has 1 amide bonds. The minimum atomic E-state index is -0.307. The molecule has 0 radical (unpaired) electrons. The quantitative estimate of drug-likeness (QED) is 0.803. The van der Waals surface area contributed by atoms with Gasteiger partial charge in [0.05, 0.1) is 10.3 Å². The van der Waals surface area contributed by atoms with Gasteiger partial charge in [0.2, 0.25) is 5.91 Å². The summed E-state index contributed by atoms with van der Waals surface area (Å²) in [5.74, 6) is -0.0243. The van der Waals surface area contributed by atoms with Gasteiger partial charge in [-0.3, -0.25) is 4.79 Å². The summed E-state index contributed by atoms with van der Waals surface area (Å²) in [4.78, 5) is 16.0. The molecular formula is C14H16N2OS2. The lowest BCUT2D eigenvalue weighted by Crippen LogP contribution is -2.34. The molecule has 2 aromatic rings. The Balaban J connectivity index is 1.73. The van der Waals surface area contributed by atoms with Gasteiger partial charge in [-0.15, -0.1) is 11.3 Å². The Morgan fingerprint density at radius 1 is 1.37 bits per heavy atom. The van der Waals surface area contributed by atoms with Crippen LogP contribution in [0.3, 0.4) is 0 Å². The first kappa shape index (κ1) is 14.1. The van der Waals surface area contributed by atoms with Crippen LogP contribution in [-0.2, 0) is 17.6 Å². The molecule has 0 saturated carbocycles. The predicted octanol–water partition coefficient (Wildman–Crippen LogP) is 2.34. The number of benzene rings is 1. The van der Waals surface area contributed by atoms with Crippen LogP contribution in [0.15, 0.2) is 41.9 Å². The number of amides is 1. The molecule has 1 unspecified atom stereocenters. The normalized spacial score (nSPS) is 12.1. The SMILES string of the molecule is O=C(NCCc1nccs1)C(S)Cc1ccccc1. The Morgan fingerprint density at radius 3 is 2.84 bits per heavy atom. The number of rotatable bonds is 6. The average Bonchev–Trinajstić information content (AvgIpc) is 2.93. The fourth-order valence-corrected chi connectivity index (χ4v) is 2.64. The number of thiol groups is 1. The second kappa shape index (κ2) is 7.31. The highest BCUT2D eigenvalue weighted by Gasteiger charge is 2.13. The first-order valence-electron chi connectivity index (χ1n) is 6.14. The third-order valence-electron chi connectivity index (χ3n) is 2.70. The van der Waals surface area contributed by atoms with Gasteiger partial charge in [-0.25, -0.2) is 4.98 Å². The zero-order valence-electron chi connectivity index (χ0n) is 10.5. The number of nitrogens with one attached hydrogen (secondary N) is 1. The second-order valence-electron chi connectivity index (χ2n) is 4.17. The number of aromatic nitrogens is 1. The third-order valence-corrected chi connectivity index (χ3v) is 3.95. The third kappa shape index (κ3) is 4.69. The second-order valence-corrected chi connectivity index (χ2v) is 5.77.